The topological polar surface area (TPSA) is 67.8 Å². The van der Waals surface area contributed by atoms with Crippen LogP contribution in [0.2, 0.25) is 0 Å². The molecule has 0 saturated carbocycles. The third kappa shape index (κ3) is 4.41. The maximum atomic E-state index is 13.2. The Bertz CT molecular complexity index is 1500. The fourth-order valence-corrected chi connectivity index (χ4v) is 4.26. The van der Waals surface area contributed by atoms with Gasteiger partial charge in [-0.15, -0.1) is 0 Å². The Morgan fingerprint density at radius 1 is 0.824 bits per heavy atom. The normalized spacial score (nSPS) is 10.9. The van der Waals surface area contributed by atoms with Crippen molar-refractivity contribution in [2.24, 2.45) is 0 Å². The SMILES string of the molecule is Cc1nccc(-c2cccc(NC(=O)Cc3c(C)nc4ccccc4c3-c3ccccc3)c2)n1. The predicted molar refractivity (Wildman–Crippen MR) is 136 cm³/mol. The van der Waals surface area contributed by atoms with E-state index in [0.29, 0.717) is 5.82 Å². The van der Waals surface area contributed by atoms with E-state index in [9.17, 15) is 4.79 Å². The minimum atomic E-state index is -0.0895. The van der Waals surface area contributed by atoms with Gasteiger partial charge in [-0.25, -0.2) is 9.97 Å². The Kier molecular flexibility index (Phi) is 5.83. The summed E-state index contributed by atoms with van der Waals surface area (Å²) in [6.45, 7) is 3.83. The molecule has 3 aromatic carbocycles. The summed E-state index contributed by atoms with van der Waals surface area (Å²) in [6, 6.07) is 27.9. The van der Waals surface area contributed by atoms with E-state index in [2.05, 4.69) is 33.5 Å². The minimum Gasteiger partial charge on any atom is -0.326 e. The molecule has 5 rings (SSSR count). The van der Waals surface area contributed by atoms with Crippen molar-refractivity contribution in [1.29, 1.82) is 0 Å². The van der Waals surface area contributed by atoms with Crippen LogP contribution in [0.25, 0.3) is 33.3 Å². The molecule has 0 aliphatic heterocycles. The van der Waals surface area contributed by atoms with Crippen LogP contribution in [0.15, 0.2) is 91.1 Å². The Balaban J connectivity index is 1.48. The van der Waals surface area contributed by atoms with Crippen LogP contribution in [0.3, 0.4) is 0 Å². The summed E-state index contributed by atoms with van der Waals surface area (Å²) in [5.41, 5.74) is 7.34. The lowest BCUT2D eigenvalue weighted by molar-refractivity contribution is -0.115. The van der Waals surface area contributed by atoms with Gasteiger partial charge in [0.2, 0.25) is 5.91 Å². The van der Waals surface area contributed by atoms with Crippen LogP contribution in [0.5, 0.6) is 0 Å². The Morgan fingerprint density at radius 3 is 2.41 bits per heavy atom. The van der Waals surface area contributed by atoms with E-state index in [-0.39, 0.29) is 12.3 Å². The summed E-state index contributed by atoms with van der Waals surface area (Å²) < 4.78 is 0. The summed E-state index contributed by atoms with van der Waals surface area (Å²) in [6.07, 6.45) is 1.97. The number of carbonyl (C=O) groups is 1. The number of hydrogen-bond acceptors (Lipinski definition) is 4. The number of nitrogens with zero attached hydrogens (tertiary/aromatic N) is 3. The molecule has 5 heteroatoms. The van der Waals surface area contributed by atoms with Gasteiger partial charge in [-0.1, -0.05) is 60.7 Å². The molecule has 166 valence electrons. The number of hydrogen-bond donors (Lipinski definition) is 1. The molecule has 1 amide bonds. The molecule has 2 aromatic heterocycles. The van der Waals surface area contributed by atoms with Gasteiger partial charge in [0.25, 0.3) is 0 Å². The molecule has 0 spiro atoms. The molecular weight excluding hydrogens is 420 g/mol. The molecule has 0 aliphatic carbocycles. The molecule has 5 nitrogen and oxygen atoms in total. The summed E-state index contributed by atoms with van der Waals surface area (Å²) in [7, 11) is 0. The Hall–Kier alpha value is -4.38. The number of nitrogens with one attached hydrogen (secondary N) is 1. The number of pyridine rings is 1. The first-order chi connectivity index (χ1) is 16.6. The lowest BCUT2D eigenvalue weighted by Crippen LogP contribution is -2.16. The summed E-state index contributed by atoms with van der Waals surface area (Å²) in [4.78, 5) is 26.6. The van der Waals surface area contributed by atoms with Gasteiger partial charge in [0.05, 0.1) is 17.6 Å². The second-order valence-electron chi connectivity index (χ2n) is 8.23. The average Bonchev–Trinajstić information content (AvgIpc) is 2.85. The number of benzene rings is 3. The van der Waals surface area contributed by atoms with Gasteiger partial charge in [0.15, 0.2) is 0 Å². The number of rotatable bonds is 5. The zero-order valence-electron chi connectivity index (χ0n) is 19.1. The van der Waals surface area contributed by atoms with Crippen LogP contribution >= 0.6 is 0 Å². The van der Waals surface area contributed by atoms with Gasteiger partial charge >= 0.3 is 0 Å². The molecule has 34 heavy (non-hydrogen) atoms. The Labute approximate surface area is 198 Å². The second kappa shape index (κ2) is 9.24. The number of carbonyl (C=O) groups excluding carboxylic acids is 1. The standard InChI is InChI=1S/C29H24N4O/c1-19-25(29(21-9-4-3-5-10-21)24-13-6-7-14-27(24)31-19)18-28(34)33-23-12-8-11-22(17-23)26-15-16-30-20(2)32-26/h3-17H,18H2,1-2H3,(H,33,34). The van der Waals surface area contributed by atoms with Crippen molar-refractivity contribution in [3.63, 3.8) is 0 Å². The van der Waals surface area contributed by atoms with Crippen molar-refractivity contribution in [1.82, 2.24) is 15.0 Å². The fourth-order valence-electron chi connectivity index (χ4n) is 4.26. The van der Waals surface area contributed by atoms with Crippen molar-refractivity contribution in [2.45, 2.75) is 20.3 Å². The van der Waals surface area contributed by atoms with E-state index in [1.54, 1.807) is 6.20 Å². The van der Waals surface area contributed by atoms with Gasteiger partial charge in [-0.3, -0.25) is 9.78 Å². The first kappa shape index (κ1) is 21.5. The number of amides is 1. The van der Waals surface area contributed by atoms with E-state index in [0.717, 1.165) is 50.2 Å². The van der Waals surface area contributed by atoms with Crippen molar-refractivity contribution in [2.75, 3.05) is 5.32 Å². The van der Waals surface area contributed by atoms with Crippen LogP contribution in [0.1, 0.15) is 17.1 Å². The number of aryl methyl sites for hydroxylation is 2. The van der Waals surface area contributed by atoms with Crippen LogP contribution in [-0.2, 0) is 11.2 Å². The van der Waals surface area contributed by atoms with Crippen LogP contribution in [0, 0.1) is 13.8 Å². The highest BCUT2D eigenvalue weighted by atomic mass is 16.1. The number of aromatic nitrogens is 3. The predicted octanol–water partition coefficient (Wildman–Crippen LogP) is 6.16. The third-order valence-corrected chi connectivity index (χ3v) is 5.82. The number of para-hydroxylation sites is 1. The highest BCUT2D eigenvalue weighted by Crippen LogP contribution is 2.33. The van der Waals surface area contributed by atoms with Gasteiger partial charge in [-0.05, 0) is 54.8 Å². The van der Waals surface area contributed by atoms with Crippen LogP contribution in [-0.4, -0.2) is 20.9 Å². The van der Waals surface area contributed by atoms with E-state index in [1.807, 2.05) is 80.6 Å². The average molecular weight is 445 g/mol. The molecule has 5 aromatic rings. The largest absolute Gasteiger partial charge is 0.326 e. The molecule has 2 heterocycles. The molecular formula is C29H24N4O. The summed E-state index contributed by atoms with van der Waals surface area (Å²) in [5.74, 6) is 0.619. The molecule has 0 fully saturated rings. The van der Waals surface area contributed by atoms with Crippen molar-refractivity contribution in [3.8, 4) is 22.4 Å². The molecule has 1 N–H and O–H groups in total. The number of anilines is 1. The van der Waals surface area contributed by atoms with Crippen molar-refractivity contribution in [3.05, 3.63) is 108 Å². The van der Waals surface area contributed by atoms with Gasteiger partial charge < -0.3 is 5.32 Å². The molecule has 0 saturated heterocycles. The molecule has 0 atom stereocenters. The molecule has 0 bridgehead atoms. The highest BCUT2D eigenvalue weighted by molar-refractivity contribution is 6.00. The Morgan fingerprint density at radius 2 is 1.59 bits per heavy atom. The highest BCUT2D eigenvalue weighted by Gasteiger charge is 2.17. The van der Waals surface area contributed by atoms with Crippen molar-refractivity contribution < 1.29 is 4.79 Å². The summed E-state index contributed by atoms with van der Waals surface area (Å²) in [5, 5.41) is 4.10. The lowest BCUT2D eigenvalue weighted by atomic mass is 9.92. The van der Waals surface area contributed by atoms with Gasteiger partial charge in [0, 0.05) is 28.5 Å². The third-order valence-electron chi connectivity index (χ3n) is 5.82. The second-order valence-corrected chi connectivity index (χ2v) is 8.23. The molecule has 0 unspecified atom stereocenters. The minimum absolute atomic E-state index is 0.0895. The van der Waals surface area contributed by atoms with Crippen molar-refractivity contribution >= 4 is 22.5 Å². The van der Waals surface area contributed by atoms with Crippen LogP contribution < -0.4 is 5.32 Å². The van der Waals surface area contributed by atoms with Gasteiger partial charge in [0.1, 0.15) is 5.82 Å². The summed E-state index contributed by atoms with van der Waals surface area (Å²) >= 11 is 0. The maximum absolute atomic E-state index is 13.2. The number of fused-ring (bicyclic) bond motifs is 1. The van der Waals surface area contributed by atoms with E-state index in [4.69, 9.17) is 4.98 Å². The fraction of sp³-hybridized carbons (Fsp3) is 0.103. The quantitative estimate of drug-likeness (QED) is 0.353. The smallest absolute Gasteiger partial charge is 0.228 e. The van der Waals surface area contributed by atoms with E-state index >= 15 is 0 Å². The van der Waals surface area contributed by atoms with E-state index in [1.165, 1.54) is 0 Å². The van der Waals surface area contributed by atoms with E-state index < -0.39 is 0 Å². The van der Waals surface area contributed by atoms with Gasteiger partial charge in [-0.2, -0.15) is 0 Å². The first-order valence-corrected chi connectivity index (χ1v) is 11.2. The zero-order chi connectivity index (χ0) is 23.5. The first-order valence-electron chi connectivity index (χ1n) is 11.2. The lowest BCUT2D eigenvalue weighted by Gasteiger charge is -2.16. The van der Waals surface area contributed by atoms with Crippen LogP contribution in [0.4, 0.5) is 5.69 Å². The molecule has 0 aliphatic rings. The monoisotopic (exact) mass is 444 g/mol. The molecule has 0 radical (unpaired) electrons. The maximum Gasteiger partial charge on any atom is 0.228 e. The zero-order valence-corrected chi connectivity index (χ0v) is 19.1.